The number of fused-ring (bicyclic) bond motifs is 1. The van der Waals surface area contributed by atoms with Gasteiger partial charge in [0, 0.05) is 30.6 Å². The lowest BCUT2D eigenvalue weighted by Crippen LogP contribution is -2.46. The fraction of sp³-hybridized carbons (Fsp3) is 0.393. The standard InChI is InChI=1S/C28H32N4O3/c1-2-35-26(33)14-11-21-9-12-23(13-10-21)32-25-8-4-3-7-24(25)27(29-32)28(34)31-19-15-22(16-20-31)30-17-5-6-18-30/h3-4,7-14,22H,2,5-6,15-20H2,1H3. The largest absolute Gasteiger partial charge is 0.463 e. The number of benzene rings is 2. The van der Waals surface area contributed by atoms with Gasteiger partial charge in [-0.15, -0.1) is 0 Å². The summed E-state index contributed by atoms with van der Waals surface area (Å²) in [5.74, 6) is -0.351. The van der Waals surface area contributed by atoms with E-state index in [1.165, 1.54) is 32.0 Å². The molecule has 7 heteroatoms. The summed E-state index contributed by atoms with van der Waals surface area (Å²) in [5, 5.41) is 5.65. The Labute approximate surface area is 206 Å². The predicted molar refractivity (Wildman–Crippen MR) is 136 cm³/mol. The molecule has 2 aliphatic heterocycles. The van der Waals surface area contributed by atoms with Crippen LogP contribution in [0.5, 0.6) is 0 Å². The second kappa shape index (κ2) is 10.4. The van der Waals surface area contributed by atoms with E-state index in [-0.39, 0.29) is 11.9 Å². The van der Waals surface area contributed by atoms with E-state index in [2.05, 4.69) is 4.90 Å². The van der Waals surface area contributed by atoms with Gasteiger partial charge in [-0.05, 0) is 75.5 Å². The van der Waals surface area contributed by atoms with Crippen molar-refractivity contribution in [3.05, 3.63) is 65.9 Å². The molecule has 2 aliphatic rings. The molecule has 0 unspecified atom stereocenters. The highest BCUT2D eigenvalue weighted by Gasteiger charge is 2.30. The summed E-state index contributed by atoms with van der Waals surface area (Å²) in [7, 11) is 0. The van der Waals surface area contributed by atoms with Crippen LogP contribution in [0.25, 0.3) is 22.7 Å². The number of esters is 1. The second-order valence-corrected chi connectivity index (χ2v) is 9.22. The third-order valence-corrected chi connectivity index (χ3v) is 7.03. The van der Waals surface area contributed by atoms with Crippen LogP contribution >= 0.6 is 0 Å². The fourth-order valence-electron chi connectivity index (χ4n) is 5.19. The van der Waals surface area contributed by atoms with E-state index in [1.54, 1.807) is 13.0 Å². The molecule has 1 amide bonds. The molecule has 35 heavy (non-hydrogen) atoms. The number of hydrogen-bond donors (Lipinski definition) is 0. The molecule has 0 N–H and O–H groups in total. The lowest BCUT2D eigenvalue weighted by atomic mass is 10.0. The fourth-order valence-corrected chi connectivity index (χ4v) is 5.19. The smallest absolute Gasteiger partial charge is 0.330 e. The molecular formula is C28H32N4O3. The normalized spacial score (nSPS) is 17.5. The molecule has 0 bridgehead atoms. The Hall–Kier alpha value is -3.45. The number of nitrogens with zero attached hydrogens (tertiary/aromatic N) is 4. The van der Waals surface area contributed by atoms with E-state index in [9.17, 15) is 9.59 Å². The predicted octanol–water partition coefficient (Wildman–Crippen LogP) is 4.30. The van der Waals surface area contributed by atoms with Crippen LogP contribution in [0, 0.1) is 0 Å². The van der Waals surface area contributed by atoms with Gasteiger partial charge in [0.25, 0.3) is 5.91 Å². The Balaban J connectivity index is 1.35. The molecule has 7 nitrogen and oxygen atoms in total. The molecule has 2 aromatic carbocycles. The molecule has 3 aromatic rings. The van der Waals surface area contributed by atoms with Gasteiger partial charge >= 0.3 is 5.97 Å². The molecule has 0 saturated carbocycles. The van der Waals surface area contributed by atoms with Crippen LogP contribution in [0.15, 0.2) is 54.6 Å². The van der Waals surface area contributed by atoms with E-state index in [4.69, 9.17) is 9.84 Å². The van der Waals surface area contributed by atoms with Crippen molar-refractivity contribution >= 4 is 28.9 Å². The minimum Gasteiger partial charge on any atom is -0.463 e. The Morgan fingerprint density at radius 3 is 2.43 bits per heavy atom. The number of rotatable bonds is 6. The number of para-hydroxylation sites is 1. The molecule has 5 rings (SSSR count). The zero-order valence-corrected chi connectivity index (χ0v) is 20.2. The Morgan fingerprint density at radius 1 is 1.00 bits per heavy atom. The topological polar surface area (TPSA) is 67.7 Å². The van der Waals surface area contributed by atoms with Gasteiger partial charge in [-0.3, -0.25) is 4.79 Å². The maximum absolute atomic E-state index is 13.5. The molecule has 182 valence electrons. The maximum atomic E-state index is 13.5. The third kappa shape index (κ3) is 5.00. The van der Waals surface area contributed by atoms with Gasteiger partial charge in [-0.2, -0.15) is 5.10 Å². The molecule has 1 aromatic heterocycles. The highest BCUT2D eigenvalue weighted by atomic mass is 16.5. The van der Waals surface area contributed by atoms with E-state index in [0.717, 1.165) is 48.1 Å². The number of amides is 1. The van der Waals surface area contributed by atoms with Crippen LogP contribution < -0.4 is 0 Å². The lowest BCUT2D eigenvalue weighted by Gasteiger charge is -2.36. The van der Waals surface area contributed by atoms with Crippen molar-refractivity contribution in [1.82, 2.24) is 19.6 Å². The number of ether oxygens (including phenoxy) is 1. The summed E-state index contributed by atoms with van der Waals surface area (Å²) in [5.41, 5.74) is 3.15. The van der Waals surface area contributed by atoms with Gasteiger partial charge in [-0.25, -0.2) is 9.48 Å². The number of aromatic nitrogens is 2. The summed E-state index contributed by atoms with van der Waals surface area (Å²) in [6.45, 7) is 6.10. The van der Waals surface area contributed by atoms with Crippen molar-refractivity contribution < 1.29 is 14.3 Å². The van der Waals surface area contributed by atoms with E-state index in [1.807, 2.05) is 58.1 Å². The highest BCUT2D eigenvalue weighted by molar-refractivity contribution is 6.05. The summed E-state index contributed by atoms with van der Waals surface area (Å²) in [4.78, 5) is 29.7. The lowest BCUT2D eigenvalue weighted by molar-refractivity contribution is -0.137. The van der Waals surface area contributed by atoms with Gasteiger partial charge in [0.1, 0.15) is 0 Å². The minimum atomic E-state index is -0.359. The van der Waals surface area contributed by atoms with Crippen molar-refractivity contribution in [3.63, 3.8) is 0 Å². The second-order valence-electron chi connectivity index (χ2n) is 9.22. The molecule has 2 saturated heterocycles. The van der Waals surface area contributed by atoms with Crippen molar-refractivity contribution in [3.8, 4) is 5.69 Å². The summed E-state index contributed by atoms with van der Waals surface area (Å²) < 4.78 is 6.77. The van der Waals surface area contributed by atoms with Crippen LogP contribution in [0.1, 0.15) is 48.7 Å². The zero-order valence-electron chi connectivity index (χ0n) is 20.2. The average Bonchev–Trinajstić information content (AvgIpc) is 3.57. The Bertz CT molecular complexity index is 1220. The third-order valence-electron chi connectivity index (χ3n) is 7.03. The Kier molecular flexibility index (Phi) is 6.95. The molecule has 0 radical (unpaired) electrons. The number of likely N-dealkylation sites (tertiary alicyclic amines) is 2. The minimum absolute atomic E-state index is 0.00816. The summed E-state index contributed by atoms with van der Waals surface area (Å²) >= 11 is 0. The molecule has 3 heterocycles. The van der Waals surface area contributed by atoms with Crippen LogP contribution in [-0.2, 0) is 9.53 Å². The number of carbonyl (C=O) groups excluding carboxylic acids is 2. The molecule has 0 aliphatic carbocycles. The van der Waals surface area contributed by atoms with Crippen LogP contribution in [-0.4, -0.2) is 70.3 Å². The first kappa shape index (κ1) is 23.3. The first-order valence-corrected chi connectivity index (χ1v) is 12.6. The van der Waals surface area contributed by atoms with E-state index in [0.29, 0.717) is 18.3 Å². The average molecular weight is 473 g/mol. The number of carbonyl (C=O) groups is 2. The van der Waals surface area contributed by atoms with Crippen LogP contribution in [0.3, 0.4) is 0 Å². The summed E-state index contributed by atoms with van der Waals surface area (Å²) in [6.07, 6.45) is 7.81. The summed E-state index contributed by atoms with van der Waals surface area (Å²) in [6, 6.07) is 16.2. The quantitative estimate of drug-likeness (QED) is 0.395. The number of hydrogen-bond acceptors (Lipinski definition) is 5. The van der Waals surface area contributed by atoms with Gasteiger partial charge in [-0.1, -0.05) is 30.3 Å². The van der Waals surface area contributed by atoms with Gasteiger partial charge in [0.05, 0.1) is 17.8 Å². The van der Waals surface area contributed by atoms with Crippen molar-refractivity contribution in [2.24, 2.45) is 0 Å². The first-order valence-electron chi connectivity index (χ1n) is 12.6. The van der Waals surface area contributed by atoms with E-state index >= 15 is 0 Å². The van der Waals surface area contributed by atoms with Gasteiger partial charge in [0.15, 0.2) is 5.69 Å². The van der Waals surface area contributed by atoms with Crippen LogP contribution in [0.2, 0.25) is 0 Å². The molecule has 0 spiro atoms. The van der Waals surface area contributed by atoms with Crippen LogP contribution in [0.4, 0.5) is 0 Å². The maximum Gasteiger partial charge on any atom is 0.330 e. The monoisotopic (exact) mass is 472 g/mol. The zero-order chi connectivity index (χ0) is 24.2. The highest BCUT2D eigenvalue weighted by Crippen LogP contribution is 2.26. The number of piperidine rings is 1. The van der Waals surface area contributed by atoms with Crippen molar-refractivity contribution in [1.29, 1.82) is 0 Å². The van der Waals surface area contributed by atoms with Gasteiger partial charge in [0.2, 0.25) is 0 Å². The van der Waals surface area contributed by atoms with Crippen molar-refractivity contribution in [2.45, 2.75) is 38.6 Å². The molecule has 0 atom stereocenters. The van der Waals surface area contributed by atoms with E-state index < -0.39 is 0 Å². The first-order chi connectivity index (χ1) is 17.1. The molecule has 2 fully saturated rings. The SMILES string of the molecule is CCOC(=O)C=Cc1ccc(-n2nc(C(=O)N3CCC(N4CCCC4)CC3)c3ccccc32)cc1. The van der Waals surface area contributed by atoms with Crippen molar-refractivity contribution in [2.75, 3.05) is 32.8 Å². The Morgan fingerprint density at radius 2 is 1.71 bits per heavy atom. The van der Waals surface area contributed by atoms with Gasteiger partial charge < -0.3 is 14.5 Å². The molecular weight excluding hydrogens is 440 g/mol.